The molecule has 0 aromatic heterocycles. The molecular formula is C16H13Cl3N2O2. The highest BCUT2D eigenvalue weighted by Crippen LogP contribution is 2.29. The third-order valence-electron chi connectivity index (χ3n) is 3.00. The van der Waals surface area contributed by atoms with Gasteiger partial charge in [-0.2, -0.15) is 0 Å². The van der Waals surface area contributed by atoms with Crippen LogP contribution in [-0.2, 0) is 9.59 Å². The number of nitrogens with one attached hydrogen (secondary N) is 2. The molecule has 7 heteroatoms. The average Bonchev–Trinajstić information content (AvgIpc) is 2.47. The Balaban J connectivity index is 1.95. The lowest BCUT2D eigenvalue weighted by molar-refractivity contribution is -0.123. The lowest BCUT2D eigenvalue weighted by Crippen LogP contribution is -2.21. The summed E-state index contributed by atoms with van der Waals surface area (Å²) in [7, 11) is 0. The Bertz CT molecular complexity index is 763. The van der Waals surface area contributed by atoms with Crippen LogP contribution in [0.1, 0.15) is 12.0 Å². The molecule has 0 fully saturated rings. The van der Waals surface area contributed by atoms with Gasteiger partial charge in [-0.05, 0) is 36.8 Å². The van der Waals surface area contributed by atoms with E-state index in [1.807, 2.05) is 6.92 Å². The topological polar surface area (TPSA) is 58.2 Å². The van der Waals surface area contributed by atoms with Crippen molar-refractivity contribution in [3.8, 4) is 0 Å². The summed E-state index contributed by atoms with van der Waals surface area (Å²) in [5, 5.41) is 6.25. The number of amides is 2. The quantitative estimate of drug-likeness (QED) is 0.749. The van der Waals surface area contributed by atoms with E-state index in [1.54, 1.807) is 36.4 Å². The normalized spacial score (nSPS) is 10.3. The molecule has 0 radical (unpaired) electrons. The van der Waals surface area contributed by atoms with Gasteiger partial charge in [0.05, 0.1) is 15.7 Å². The van der Waals surface area contributed by atoms with Crippen molar-refractivity contribution in [3.05, 3.63) is 57.0 Å². The number of carbonyl (C=O) groups is 2. The van der Waals surface area contributed by atoms with Crippen molar-refractivity contribution in [2.45, 2.75) is 13.3 Å². The van der Waals surface area contributed by atoms with Crippen molar-refractivity contribution in [2.24, 2.45) is 0 Å². The van der Waals surface area contributed by atoms with E-state index >= 15 is 0 Å². The third-order valence-corrected chi connectivity index (χ3v) is 4.23. The molecule has 0 aliphatic carbocycles. The Morgan fingerprint density at radius 1 is 0.957 bits per heavy atom. The van der Waals surface area contributed by atoms with Crippen molar-refractivity contribution in [3.63, 3.8) is 0 Å². The molecule has 2 aromatic carbocycles. The van der Waals surface area contributed by atoms with E-state index in [2.05, 4.69) is 10.6 Å². The van der Waals surface area contributed by atoms with Crippen LogP contribution in [0.25, 0.3) is 0 Å². The molecule has 4 nitrogen and oxygen atoms in total. The molecule has 0 spiro atoms. The molecule has 0 heterocycles. The summed E-state index contributed by atoms with van der Waals surface area (Å²) in [6.45, 7) is 1.86. The van der Waals surface area contributed by atoms with Crippen LogP contribution in [0.15, 0.2) is 36.4 Å². The maximum atomic E-state index is 11.9. The molecule has 0 saturated heterocycles. The number of anilines is 2. The zero-order chi connectivity index (χ0) is 17.0. The molecule has 2 aromatic rings. The van der Waals surface area contributed by atoms with Crippen LogP contribution in [0.5, 0.6) is 0 Å². The van der Waals surface area contributed by atoms with Crippen LogP contribution in [-0.4, -0.2) is 11.8 Å². The fraction of sp³-hybridized carbons (Fsp3) is 0.125. The summed E-state index contributed by atoms with van der Waals surface area (Å²) < 4.78 is 0. The van der Waals surface area contributed by atoms with Crippen molar-refractivity contribution in [1.29, 1.82) is 0 Å². The first-order valence-electron chi connectivity index (χ1n) is 6.66. The van der Waals surface area contributed by atoms with Gasteiger partial charge in [-0.1, -0.05) is 46.9 Å². The molecule has 2 rings (SSSR count). The Morgan fingerprint density at radius 3 is 2.35 bits per heavy atom. The number of aryl methyl sites for hydroxylation is 1. The van der Waals surface area contributed by atoms with Gasteiger partial charge < -0.3 is 10.6 Å². The van der Waals surface area contributed by atoms with Gasteiger partial charge in [0.15, 0.2) is 0 Å². The average molecular weight is 372 g/mol. The van der Waals surface area contributed by atoms with Crippen LogP contribution in [0, 0.1) is 6.92 Å². The van der Waals surface area contributed by atoms with Crippen LogP contribution >= 0.6 is 34.8 Å². The van der Waals surface area contributed by atoms with E-state index in [0.717, 1.165) is 5.56 Å². The van der Waals surface area contributed by atoms with E-state index in [9.17, 15) is 9.59 Å². The Morgan fingerprint density at radius 2 is 1.65 bits per heavy atom. The summed E-state index contributed by atoms with van der Waals surface area (Å²) >= 11 is 17.8. The smallest absolute Gasteiger partial charge is 0.233 e. The Kier molecular flexibility index (Phi) is 5.88. The minimum absolute atomic E-state index is 0.230. The molecule has 0 unspecified atom stereocenters. The summed E-state index contributed by atoms with van der Waals surface area (Å²) in [5.41, 5.74) is 1.78. The van der Waals surface area contributed by atoms with Crippen LogP contribution in [0.3, 0.4) is 0 Å². The molecule has 23 heavy (non-hydrogen) atoms. The van der Waals surface area contributed by atoms with E-state index in [-0.39, 0.29) is 11.4 Å². The number of carbonyl (C=O) groups excluding carboxylic acids is 2. The monoisotopic (exact) mass is 370 g/mol. The van der Waals surface area contributed by atoms with Crippen LogP contribution < -0.4 is 10.6 Å². The molecular weight excluding hydrogens is 359 g/mol. The summed E-state index contributed by atoms with van der Waals surface area (Å²) in [6.07, 6.45) is -0.353. The fourth-order valence-corrected chi connectivity index (χ4v) is 2.34. The number of halogens is 3. The van der Waals surface area contributed by atoms with Gasteiger partial charge >= 0.3 is 0 Å². The number of hydrogen-bond acceptors (Lipinski definition) is 2. The number of rotatable bonds is 4. The maximum Gasteiger partial charge on any atom is 0.233 e. The van der Waals surface area contributed by atoms with Crippen molar-refractivity contribution in [1.82, 2.24) is 0 Å². The zero-order valence-corrected chi connectivity index (χ0v) is 14.4. The van der Waals surface area contributed by atoms with E-state index in [1.165, 1.54) is 0 Å². The van der Waals surface area contributed by atoms with E-state index in [4.69, 9.17) is 34.8 Å². The Hall–Kier alpha value is -1.75. The van der Waals surface area contributed by atoms with Gasteiger partial charge in [0.2, 0.25) is 11.8 Å². The predicted molar refractivity (Wildman–Crippen MR) is 94.5 cm³/mol. The molecule has 0 saturated carbocycles. The minimum atomic E-state index is -0.495. The molecule has 120 valence electrons. The first-order valence-corrected chi connectivity index (χ1v) is 7.80. The molecule has 0 atom stereocenters. The SMILES string of the molecule is Cc1ccc(NC(=O)CC(=O)Nc2cccc(Cl)c2Cl)cc1Cl. The highest BCUT2D eigenvalue weighted by molar-refractivity contribution is 6.44. The first kappa shape index (κ1) is 17.6. The van der Waals surface area contributed by atoms with Gasteiger partial charge in [-0.3, -0.25) is 9.59 Å². The number of benzene rings is 2. The molecule has 0 aliphatic rings. The lowest BCUT2D eigenvalue weighted by Gasteiger charge is -2.09. The van der Waals surface area contributed by atoms with Crippen molar-refractivity contribution >= 4 is 58.0 Å². The van der Waals surface area contributed by atoms with E-state index < -0.39 is 11.8 Å². The molecule has 0 bridgehead atoms. The highest BCUT2D eigenvalue weighted by Gasteiger charge is 2.13. The summed E-state index contributed by atoms with van der Waals surface area (Å²) in [5.74, 6) is -0.953. The lowest BCUT2D eigenvalue weighted by atomic mass is 10.2. The van der Waals surface area contributed by atoms with Crippen molar-refractivity contribution in [2.75, 3.05) is 10.6 Å². The van der Waals surface area contributed by atoms with Crippen molar-refractivity contribution < 1.29 is 9.59 Å². The summed E-state index contributed by atoms with van der Waals surface area (Å²) in [6, 6.07) is 9.98. The standard InChI is InChI=1S/C16H13Cl3N2O2/c1-9-5-6-10(7-12(9)18)20-14(22)8-15(23)21-13-4-2-3-11(17)16(13)19/h2-7H,8H2,1H3,(H,20,22)(H,21,23). The van der Waals surface area contributed by atoms with Crippen LogP contribution in [0.2, 0.25) is 15.1 Å². The molecule has 0 aliphatic heterocycles. The fourth-order valence-electron chi connectivity index (χ4n) is 1.82. The summed E-state index contributed by atoms with van der Waals surface area (Å²) in [4.78, 5) is 23.8. The maximum absolute atomic E-state index is 11.9. The van der Waals surface area contributed by atoms with Gasteiger partial charge in [0.25, 0.3) is 0 Å². The second-order valence-corrected chi connectivity index (χ2v) is 6.03. The largest absolute Gasteiger partial charge is 0.326 e. The predicted octanol–water partition coefficient (Wildman–Crippen LogP) is 4.92. The van der Waals surface area contributed by atoms with Gasteiger partial charge in [-0.25, -0.2) is 0 Å². The van der Waals surface area contributed by atoms with Gasteiger partial charge in [0.1, 0.15) is 6.42 Å². The number of hydrogen-bond donors (Lipinski definition) is 2. The Labute approximate surface area is 148 Å². The first-order chi connectivity index (χ1) is 10.9. The van der Waals surface area contributed by atoms with Gasteiger partial charge in [0, 0.05) is 10.7 Å². The molecule has 2 N–H and O–H groups in total. The molecule has 2 amide bonds. The second kappa shape index (κ2) is 7.68. The highest BCUT2D eigenvalue weighted by atomic mass is 35.5. The van der Waals surface area contributed by atoms with E-state index in [0.29, 0.717) is 21.4 Å². The van der Waals surface area contributed by atoms with Crippen LogP contribution in [0.4, 0.5) is 11.4 Å². The third kappa shape index (κ3) is 4.86. The zero-order valence-electron chi connectivity index (χ0n) is 12.1. The second-order valence-electron chi connectivity index (χ2n) is 4.84. The van der Waals surface area contributed by atoms with Gasteiger partial charge in [-0.15, -0.1) is 0 Å². The minimum Gasteiger partial charge on any atom is -0.326 e.